The van der Waals surface area contributed by atoms with E-state index in [2.05, 4.69) is 0 Å². The maximum Gasteiger partial charge on any atom is 0.119 e. The van der Waals surface area contributed by atoms with E-state index in [1.807, 2.05) is 24.3 Å². The minimum absolute atomic E-state index is 0.182. The Hall–Kier alpha value is -1.06. The van der Waals surface area contributed by atoms with Gasteiger partial charge in [-0.25, -0.2) is 0 Å². The molecule has 1 saturated carbocycles. The number of hydrogen-bond acceptors (Lipinski definition) is 3. The van der Waals surface area contributed by atoms with Crippen LogP contribution in [0.2, 0.25) is 0 Å². The van der Waals surface area contributed by atoms with Crippen LogP contribution in [0.3, 0.4) is 0 Å². The van der Waals surface area contributed by atoms with E-state index in [-0.39, 0.29) is 6.10 Å². The quantitative estimate of drug-likeness (QED) is 0.821. The van der Waals surface area contributed by atoms with Crippen LogP contribution in [-0.4, -0.2) is 25.4 Å². The van der Waals surface area contributed by atoms with Crippen LogP contribution in [0, 0.1) is 0 Å². The van der Waals surface area contributed by atoms with E-state index in [9.17, 15) is 5.11 Å². The molecule has 1 aromatic rings. The zero-order valence-electron chi connectivity index (χ0n) is 9.06. The first kappa shape index (κ1) is 10.5. The summed E-state index contributed by atoms with van der Waals surface area (Å²) in [6.45, 7) is 0. The Kier molecular flexibility index (Phi) is 2.67. The molecular formula is C12H16O3. The van der Waals surface area contributed by atoms with E-state index >= 15 is 0 Å². The van der Waals surface area contributed by atoms with Gasteiger partial charge in [-0.1, -0.05) is 12.1 Å². The van der Waals surface area contributed by atoms with E-state index in [1.165, 1.54) is 0 Å². The van der Waals surface area contributed by atoms with Crippen molar-refractivity contribution in [1.29, 1.82) is 0 Å². The summed E-state index contributed by atoms with van der Waals surface area (Å²) in [6.07, 6.45) is 1.51. The zero-order chi connectivity index (χ0) is 10.9. The Bertz CT molecular complexity index is 342. The Morgan fingerprint density at radius 1 is 1.33 bits per heavy atom. The average Bonchev–Trinajstić information content (AvgIpc) is 2.24. The highest BCUT2D eigenvalue weighted by molar-refractivity contribution is 5.34. The third kappa shape index (κ3) is 1.85. The van der Waals surface area contributed by atoms with Crippen molar-refractivity contribution in [1.82, 2.24) is 0 Å². The van der Waals surface area contributed by atoms with Crippen LogP contribution in [0.25, 0.3) is 0 Å². The van der Waals surface area contributed by atoms with E-state index < -0.39 is 5.60 Å². The highest BCUT2D eigenvalue weighted by Crippen LogP contribution is 2.43. The first-order valence-electron chi connectivity index (χ1n) is 5.07. The van der Waals surface area contributed by atoms with Crippen molar-refractivity contribution in [3.63, 3.8) is 0 Å². The van der Waals surface area contributed by atoms with E-state index in [0.29, 0.717) is 12.8 Å². The zero-order valence-corrected chi connectivity index (χ0v) is 9.06. The molecule has 3 heteroatoms. The standard InChI is InChI=1S/C12H16O3/c1-14-10-5-3-4-9(6-10)12(13)7-11(8-12)15-2/h3-6,11,13H,7-8H2,1-2H3. The van der Waals surface area contributed by atoms with Crippen LogP contribution in [0.5, 0.6) is 5.75 Å². The molecule has 3 nitrogen and oxygen atoms in total. The second-order valence-electron chi connectivity index (χ2n) is 4.03. The van der Waals surface area contributed by atoms with Crippen molar-refractivity contribution in [2.24, 2.45) is 0 Å². The highest BCUT2D eigenvalue weighted by atomic mass is 16.5. The SMILES string of the molecule is COc1cccc(C2(O)CC(OC)C2)c1. The molecule has 0 aliphatic heterocycles. The number of aliphatic hydroxyl groups is 1. The van der Waals surface area contributed by atoms with Crippen LogP contribution >= 0.6 is 0 Å². The lowest BCUT2D eigenvalue weighted by atomic mass is 9.73. The fraction of sp³-hybridized carbons (Fsp3) is 0.500. The molecule has 0 aromatic heterocycles. The summed E-state index contributed by atoms with van der Waals surface area (Å²) in [5, 5.41) is 10.3. The third-order valence-electron chi connectivity index (χ3n) is 3.07. The Labute approximate surface area is 89.6 Å². The van der Waals surface area contributed by atoms with Gasteiger partial charge in [0, 0.05) is 20.0 Å². The Morgan fingerprint density at radius 3 is 2.67 bits per heavy atom. The van der Waals surface area contributed by atoms with Gasteiger partial charge in [-0.15, -0.1) is 0 Å². The molecule has 0 atom stereocenters. The molecule has 0 radical (unpaired) electrons. The predicted octanol–water partition coefficient (Wildman–Crippen LogP) is 1.69. The molecule has 0 heterocycles. The lowest BCUT2D eigenvalue weighted by Crippen LogP contribution is -2.45. The van der Waals surface area contributed by atoms with Crippen molar-refractivity contribution in [3.8, 4) is 5.75 Å². The smallest absolute Gasteiger partial charge is 0.119 e. The van der Waals surface area contributed by atoms with Crippen LogP contribution in [0.1, 0.15) is 18.4 Å². The Balaban J connectivity index is 2.16. The summed E-state index contributed by atoms with van der Waals surface area (Å²) in [6, 6.07) is 7.58. The molecule has 1 N–H and O–H groups in total. The molecule has 2 rings (SSSR count). The van der Waals surface area contributed by atoms with Crippen molar-refractivity contribution in [2.45, 2.75) is 24.5 Å². The molecule has 1 aliphatic rings. The number of hydrogen-bond donors (Lipinski definition) is 1. The van der Waals surface area contributed by atoms with Crippen LogP contribution in [0.4, 0.5) is 0 Å². The molecule has 0 saturated heterocycles. The minimum Gasteiger partial charge on any atom is -0.497 e. The van der Waals surface area contributed by atoms with Gasteiger partial charge in [-0.05, 0) is 17.7 Å². The van der Waals surface area contributed by atoms with Gasteiger partial charge in [0.1, 0.15) is 5.75 Å². The summed E-state index contributed by atoms with van der Waals surface area (Å²) >= 11 is 0. The molecular weight excluding hydrogens is 192 g/mol. The van der Waals surface area contributed by atoms with Crippen LogP contribution in [-0.2, 0) is 10.3 Å². The maximum absolute atomic E-state index is 10.3. The third-order valence-corrected chi connectivity index (χ3v) is 3.07. The van der Waals surface area contributed by atoms with Gasteiger partial charge in [-0.3, -0.25) is 0 Å². The largest absolute Gasteiger partial charge is 0.497 e. The normalized spacial score (nSPS) is 29.7. The second kappa shape index (κ2) is 3.83. The van der Waals surface area contributed by atoms with Crippen LogP contribution < -0.4 is 4.74 Å². The molecule has 1 aromatic carbocycles. The summed E-state index contributed by atoms with van der Waals surface area (Å²) in [4.78, 5) is 0. The van der Waals surface area contributed by atoms with Gasteiger partial charge in [0.25, 0.3) is 0 Å². The number of ether oxygens (including phenoxy) is 2. The van der Waals surface area contributed by atoms with Crippen molar-refractivity contribution >= 4 is 0 Å². The summed E-state index contributed by atoms with van der Waals surface area (Å²) < 4.78 is 10.3. The van der Waals surface area contributed by atoms with Gasteiger partial charge in [0.2, 0.25) is 0 Å². The van der Waals surface area contributed by atoms with Gasteiger partial charge in [-0.2, -0.15) is 0 Å². The average molecular weight is 208 g/mol. The van der Waals surface area contributed by atoms with Gasteiger partial charge >= 0.3 is 0 Å². The summed E-state index contributed by atoms with van der Waals surface area (Å²) in [7, 11) is 3.30. The maximum atomic E-state index is 10.3. The van der Waals surface area contributed by atoms with Crippen molar-refractivity contribution in [2.75, 3.05) is 14.2 Å². The van der Waals surface area contributed by atoms with Gasteiger partial charge < -0.3 is 14.6 Å². The molecule has 0 unspecified atom stereocenters. The first-order valence-corrected chi connectivity index (χ1v) is 5.07. The van der Waals surface area contributed by atoms with Crippen LogP contribution in [0.15, 0.2) is 24.3 Å². The minimum atomic E-state index is -0.727. The number of methoxy groups -OCH3 is 2. The monoisotopic (exact) mass is 208 g/mol. The van der Waals surface area contributed by atoms with Crippen molar-refractivity contribution < 1.29 is 14.6 Å². The first-order chi connectivity index (χ1) is 7.18. The molecule has 0 bridgehead atoms. The fourth-order valence-corrected chi connectivity index (χ4v) is 2.01. The summed E-state index contributed by atoms with van der Waals surface area (Å²) in [5.74, 6) is 0.779. The molecule has 0 amide bonds. The molecule has 1 fully saturated rings. The van der Waals surface area contributed by atoms with E-state index in [0.717, 1.165) is 11.3 Å². The van der Waals surface area contributed by atoms with Crippen molar-refractivity contribution in [3.05, 3.63) is 29.8 Å². The predicted molar refractivity (Wildman–Crippen MR) is 56.9 cm³/mol. The summed E-state index contributed by atoms with van der Waals surface area (Å²) in [5.41, 5.74) is 0.185. The number of rotatable bonds is 3. The number of benzene rings is 1. The van der Waals surface area contributed by atoms with Gasteiger partial charge in [0.15, 0.2) is 0 Å². The fourth-order valence-electron chi connectivity index (χ4n) is 2.01. The van der Waals surface area contributed by atoms with Gasteiger partial charge in [0.05, 0.1) is 18.8 Å². The lowest BCUT2D eigenvalue weighted by molar-refractivity contribution is -0.133. The molecule has 1 aliphatic carbocycles. The molecule has 82 valence electrons. The lowest BCUT2D eigenvalue weighted by Gasteiger charge is -2.43. The Morgan fingerprint density at radius 2 is 2.07 bits per heavy atom. The molecule has 15 heavy (non-hydrogen) atoms. The topological polar surface area (TPSA) is 38.7 Å². The van der Waals surface area contributed by atoms with E-state index in [4.69, 9.17) is 9.47 Å². The van der Waals surface area contributed by atoms with E-state index in [1.54, 1.807) is 14.2 Å². The molecule has 0 spiro atoms. The second-order valence-corrected chi connectivity index (χ2v) is 4.03. The highest BCUT2D eigenvalue weighted by Gasteiger charge is 2.44.